The molecule has 2 spiro atoms. The number of cyclic esters (lactones) is 1. The molecule has 0 radical (unpaired) electrons. The van der Waals surface area contributed by atoms with Gasteiger partial charge in [0.15, 0.2) is 11.7 Å². The summed E-state index contributed by atoms with van der Waals surface area (Å²) >= 11 is 0. The number of hydrogen-bond acceptors (Lipinski definition) is 7. The summed E-state index contributed by atoms with van der Waals surface area (Å²) in [5, 5.41) is 0. The van der Waals surface area contributed by atoms with Crippen LogP contribution in [0.25, 0.3) is 0 Å². The van der Waals surface area contributed by atoms with Crippen LogP contribution in [0.5, 0.6) is 0 Å². The van der Waals surface area contributed by atoms with Crippen LogP contribution in [0.4, 0.5) is 0 Å². The number of carbonyl (C=O) groups excluding carboxylic acids is 2. The van der Waals surface area contributed by atoms with Gasteiger partial charge in [0.2, 0.25) is 0 Å². The average Bonchev–Trinajstić information content (AvgIpc) is 3.70. The van der Waals surface area contributed by atoms with Crippen LogP contribution in [0.15, 0.2) is 11.1 Å². The van der Waals surface area contributed by atoms with Crippen molar-refractivity contribution >= 4 is 11.9 Å². The van der Waals surface area contributed by atoms with E-state index in [9.17, 15) is 9.59 Å². The number of ether oxygens (including phenoxy) is 5. The lowest BCUT2D eigenvalue weighted by Crippen LogP contribution is -2.70. The third-order valence-electron chi connectivity index (χ3n) is 10.5. The average molecular weight is 473 g/mol. The second-order valence-electron chi connectivity index (χ2n) is 12.2. The molecule has 0 N–H and O–H groups in total. The molecule has 0 aromatic heterocycles. The number of fused-ring (bicyclic) bond motifs is 4. The highest BCUT2D eigenvalue weighted by Crippen LogP contribution is 2.83. The fraction of sp³-hybridized carbons (Fsp3) is 0.852. The van der Waals surface area contributed by atoms with Gasteiger partial charge >= 0.3 is 11.9 Å². The monoisotopic (exact) mass is 472 g/mol. The molecule has 9 atom stereocenters. The third-order valence-corrected chi connectivity index (χ3v) is 10.5. The minimum atomic E-state index is -0.652. The standard InChI is InChI=1S/C27H36O7/c1-5-6-7-8-9-19(28)31-23-25(14(2)3)20(33-25)21-27(34-21)24(4)11-10-15-16(13-30-22(15)29)17(24)12-18-26(23,27)32-18/h14,17-18,20-21,23H,5-13H2,1-4H3/t17?,18-,20-,21-,23+,24-,25-,26+,27+/m0/s1. The van der Waals surface area contributed by atoms with Gasteiger partial charge < -0.3 is 23.7 Å². The Morgan fingerprint density at radius 3 is 2.74 bits per heavy atom. The molecular formula is C27H36O7. The number of unbranched alkanes of at least 4 members (excludes halogenated alkanes) is 3. The molecule has 7 aliphatic rings. The van der Waals surface area contributed by atoms with Gasteiger partial charge in [0.1, 0.15) is 30.0 Å². The summed E-state index contributed by atoms with van der Waals surface area (Å²) in [5.41, 5.74) is 0.0826. The lowest BCUT2D eigenvalue weighted by Gasteiger charge is -2.53. The first-order chi connectivity index (χ1) is 16.3. The van der Waals surface area contributed by atoms with Crippen molar-refractivity contribution in [2.24, 2.45) is 17.3 Å². The molecule has 34 heavy (non-hydrogen) atoms. The maximum Gasteiger partial charge on any atom is 0.334 e. The van der Waals surface area contributed by atoms with E-state index >= 15 is 0 Å². The highest BCUT2D eigenvalue weighted by atomic mass is 16.8. The first-order valence-electron chi connectivity index (χ1n) is 13.4. The maximum absolute atomic E-state index is 13.1. The van der Waals surface area contributed by atoms with Gasteiger partial charge in [-0.25, -0.2) is 4.79 Å². The lowest BCUT2D eigenvalue weighted by molar-refractivity contribution is -0.169. The molecule has 7 heteroatoms. The maximum atomic E-state index is 13.1. The number of rotatable bonds is 7. The fourth-order valence-corrected chi connectivity index (χ4v) is 8.73. The molecule has 7 nitrogen and oxygen atoms in total. The smallest absolute Gasteiger partial charge is 0.334 e. The summed E-state index contributed by atoms with van der Waals surface area (Å²) in [5.74, 6) is 0.0658. The van der Waals surface area contributed by atoms with E-state index in [0.29, 0.717) is 19.4 Å². The Kier molecular flexibility index (Phi) is 4.27. The lowest BCUT2D eigenvalue weighted by atomic mass is 9.46. The van der Waals surface area contributed by atoms with E-state index in [0.717, 1.165) is 49.7 Å². The van der Waals surface area contributed by atoms with Crippen LogP contribution < -0.4 is 0 Å². The van der Waals surface area contributed by atoms with E-state index in [1.54, 1.807) is 0 Å². The molecular weight excluding hydrogens is 436 g/mol. The molecule has 3 aliphatic carbocycles. The summed E-state index contributed by atoms with van der Waals surface area (Å²) in [4.78, 5) is 25.4. The minimum Gasteiger partial charge on any atom is -0.458 e. The SMILES string of the molecule is CCCCCCC(=O)O[C@@H]1[C@@]2(C(C)C)O[C@H]2[C@@H]2O[C@]23[C@]12O[C@H]2CC1C2=C(CC[C@@]13C)C(=O)OC2. The van der Waals surface area contributed by atoms with Gasteiger partial charge in [-0.3, -0.25) is 4.79 Å². The molecule has 2 saturated carbocycles. The zero-order valence-electron chi connectivity index (χ0n) is 20.7. The number of epoxide rings is 3. The molecule has 0 aromatic carbocycles. The Morgan fingerprint density at radius 2 is 1.97 bits per heavy atom. The Balaban J connectivity index is 1.24. The van der Waals surface area contributed by atoms with Crippen molar-refractivity contribution in [3.63, 3.8) is 0 Å². The summed E-state index contributed by atoms with van der Waals surface area (Å²) in [7, 11) is 0. The van der Waals surface area contributed by atoms with Crippen molar-refractivity contribution in [1.29, 1.82) is 0 Å². The first-order valence-corrected chi connectivity index (χ1v) is 13.4. The minimum absolute atomic E-state index is 0.0487. The summed E-state index contributed by atoms with van der Waals surface area (Å²) in [6.07, 6.45) is 6.33. The van der Waals surface area contributed by atoms with Crippen molar-refractivity contribution in [3.05, 3.63) is 11.1 Å². The van der Waals surface area contributed by atoms with Gasteiger partial charge in [0, 0.05) is 17.4 Å². The van der Waals surface area contributed by atoms with Crippen LogP contribution in [0.1, 0.15) is 79.1 Å². The van der Waals surface area contributed by atoms with Gasteiger partial charge in [0.25, 0.3) is 0 Å². The van der Waals surface area contributed by atoms with E-state index in [-0.39, 0.29) is 47.5 Å². The second kappa shape index (κ2) is 6.65. The summed E-state index contributed by atoms with van der Waals surface area (Å²) < 4.78 is 31.6. The Morgan fingerprint density at radius 1 is 1.15 bits per heavy atom. The molecule has 1 unspecified atom stereocenters. The largest absolute Gasteiger partial charge is 0.458 e. The van der Waals surface area contributed by atoms with E-state index in [1.165, 1.54) is 0 Å². The number of esters is 2. The highest BCUT2D eigenvalue weighted by molar-refractivity contribution is 5.92. The molecule has 0 bridgehead atoms. The van der Waals surface area contributed by atoms with Crippen LogP contribution >= 0.6 is 0 Å². The molecule has 5 fully saturated rings. The van der Waals surface area contributed by atoms with E-state index in [1.807, 2.05) is 0 Å². The van der Waals surface area contributed by atoms with E-state index < -0.39 is 22.9 Å². The van der Waals surface area contributed by atoms with Gasteiger partial charge in [-0.2, -0.15) is 0 Å². The molecule has 0 aromatic rings. The molecule has 4 aliphatic heterocycles. The van der Waals surface area contributed by atoms with E-state index in [4.69, 9.17) is 23.7 Å². The number of hydrogen-bond donors (Lipinski definition) is 0. The van der Waals surface area contributed by atoms with Crippen LogP contribution in [0.2, 0.25) is 0 Å². The number of carbonyl (C=O) groups is 2. The van der Waals surface area contributed by atoms with Crippen molar-refractivity contribution in [3.8, 4) is 0 Å². The van der Waals surface area contributed by atoms with Crippen molar-refractivity contribution in [2.75, 3.05) is 6.61 Å². The molecule has 186 valence electrons. The van der Waals surface area contributed by atoms with Crippen molar-refractivity contribution in [1.82, 2.24) is 0 Å². The Hall–Kier alpha value is -1.44. The molecule has 7 rings (SSSR count). The third kappa shape index (κ3) is 2.27. The van der Waals surface area contributed by atoms with Crippen molar-refractivity contribution < 1.29 is 33.3 Å². The van der Waals surface area contributed by atoms with Gasteiger partial charge in [-0.15, -0.1) is 0 Å². The van der Waals surface area contributed by atoms with Gasteiger partial charge in [-0.05, 0) is 43.1 Å². The predicted molar refractivity (Wildman–Crippen MR) is 120 cm³/mol. The van der Waals surface area contributed by atoms with Gasteiger partial charge in [0.05, 0.1) is 6.10 Å². The summed E-state index contributed by atoms with van der Waals surface area (Å²) in [6.45, 7) is 9.16. The topological polar surface area (TPSA) is 90.2 Å². The quantitative estimate of drug-likeness (QED) is 0.318. The summed E-state index contributed by atoms with van der Waals surface area (Å²) in [6, 6.07) is 0. The Labute approximate surface area is 200 Å². The molecule has 3 saturated heterocycles. The van der Waals surface area contributed by atoms with E-state index in [2.05, 4.69) is 27.7 Å². The first kappa shape index (κ1) is 21.8. The van der Waals surface area contributed by atoms with Crippen LogP contribution in [0.3, 0.4) is 0 Å². The van der Waals surface area contributed by atoms with Crippen molar-refractivity contribution in [2.45, 2.75) is 120 Å². The predicted octanol–water partition coefficient (Wildman–Crippen LogP) is 3.62. The van der Waals surface area contributed by atoms with Gasteiger partial charge in [-0.1, -0.05) is 47.0 Å². The second-order valence-corrected chi connectivity index (χ2v) is 12.2. The molecule has 4 heterocycles. The zero-order chi connectivity index (χ0) is 23.7. The fourth-order valence-electron chi connectivity index (χ4n) is 8.73. The molecule has 0 amide bonds. The highest BCUT2D eigenvalue weighted by Gasteiger charge is 3.01. The van der Waals surface area contributed by atoms with Crippen LogP contribution in [-0.4, -0.2) is 59.8 Å². The van der Waals surface area contributed by atoms with Crippen LogP contribution in [0, 0.1) is 17.3 Å². The zero-order valence-corrected chi connectivity index (χ0v) is 20.7. The Bertz CT molecular complexity index is 1000. The normalized spacial score (nSPS) is 50.9. The van der Waals surface area contributed by atoms with Crippen LogP contribution in [-0.2, 0) is 33.3 Å².